The van der Waals surface area contributed by atoms with Crippen LogP contribution in [0, 0.1) is 35.5 Å². The first-order chi connectivity index (χ1) is 11.3. The quantitative estimate of drug-likeness (QED) is 0.628. The molecule has 7 heteroatoms. The van der Waals surface area contributed by atoms with Crippen molar-refractivity contribution in [2.75, 3.05) is 5.75 Å². The van der Waals surface area contributed by atoms with Crippen molar-refractivity contribution in [3.05, 3.63) is 22.9 Å². The number of amides is 1. The maximum Gasteiger partial charge on any atom is 0.231 e. The van der Waals surface area contributed by atoms with Gasteiger partial charge in [-0.3, -0.25) is 9.59 Å². The van der Waals surface area contributed by atoms with Crippen LogP contribution in [0.2, 0.25) is 0 Å². The Morgan fingerprint density at radius 1 is 1.46 bits per heavy atom. The maximum absolute atomic E-state index is 12.1. The fourth-order valence-corrected chi connectivity index (χ4v) is 3.27. The lowest BCUT2D eigenvalue weighted by Crippen LogP contribution is -2.47. The van der Waals surface area contributed by atoms with Crippen molar-refractivity contribution in [3.63, 3.8) is 0 Å². The molecule has 1 aromatic heterocycles. The van der Waals surface area contributed by atoms with Gasteiger partial charge in [-0.25, -0.2) is 4.98 Å². The van der Waals surface area contributed by atoms with Crippen LogP contribution in [-0.4, -0.2) is 28.0 Å². The minimum Gasteiger partial charge on any atom is -0.337 e. The van der Waals surface area contributed by atoms with E-state index in [9.17, 15) is 20.1 Å². The molecule has 1 aliphatic rings. The van der Waals surface area contributed by atoms with Crippen LogP contribution in [0.25, 0.3) is 0 Å². The molecular formula is C17H18N4O2S. The number of rotatable bonds is 6. The molecule has 1 heterocycles. The summed E-state index contributed by atoms with van der Waals surface area (Å²) >= 11 is 1.13. The highest BCUT2D eigenvalue weighted by Crippen LogP contribution is 2.39. The molecule has 1 saturated carbocycles. The second kappa shape index (κ2) is 7.02. The minimum atomic E-state index is -0.836. The Labute approximate surface area is 145 Å². The lowest BCUT2D eigenvalue weighted by atomic mass is 9.98. The van der Waals surface area contributed by atoms with E-state index in [0.717, 1.165) is 24.6 Å². The van der Waals surface area contributed by atoms with Gasteiger partial charge < -0.3 is 5.32 Å². The Morgan fingerprint density at radius 3 is 2.62 bits per heavy atom. The molecule has 0 spiro atoms. The molecule has 1 fully saturated rings. The number of thioether (sulfide) groups is 1. The third-order valence-electron chi connectivity index (χ3n) is 4.04. The number of hydrogen-bond donors (Lipinski definition) is 1. The molecular weight excluding hydrogens is 324 g/mol. The van der Waals surface area contributed by atoms with Gasteiger partial charge in [-0.15, -0.1) is 0 Å². The Morgan fingerprint density at radius 2 is 2.12 bits per heavy atom. The monoisotopic (exact) mass is 342 g/mol. The van der Waals surface area contributed by atoms with Gasteiger partial charge in [0.05, 0.1) is 17.4 Å². The number of hydrogen-bond acceptors (Lipinski definition) is 6. The topological polar surface area (TPSA) is 107 Å². The first-order valence-corrected chi connectivity index (χ1v) is 8.57. The smallest absolute Gasteiger partial charge is 0.231 e. The normalized spacial score (nSPS) is 15.7. The molecule has 24 heavy (non-hydrogen) atoms. The van der Waals surface area contributed by atoms with Gasteiger partial charge >= 0.3 is 0 Å². The molecule has 0 saturated heterocycles. The molecule has 1 aliphatic carbocycles. The first kappa shape index (κ1) is 18.0. The van der Waals surface area contributed by atoms with Gasteiger partial charge in [-0.2, -0.15) is 10.5 Å². The van der Waals surface area contributed by atoms with Crippen LogP contribution in [0.3, 0.4) is 0 Å². The molecule has 2 rings (SSSR count). The zero-order chi connectivity index (χ0) is 17.9. The van der Waals surface area contributed by atoms with Crippen molar-refractivity contribution in [2.24, 2.45) is 5.92 Å². The second-order valence-corrected chi connectivity index (χ2v) is 7.03. The Hall–Kier alpha value is -2.38. The van der Waals surface area contributed by atoms with Gasteiger partial charge in [0.15, 0.2) is 5.78 Å². The highest BCUT2D eigenvalue weighted by Gasteiger charge is 2.42. The van der Waals surface area contributed by atoms with Crippen molar-refractivity contribution in [1.82, 2.24) is 10.3 Å². The van der Waals surface area contributed by atoms with Crippen LogP contribution >= 0.6 is 11.8 Å². The Bertz CT molecular complexity index is 774. The van der Waals surface area contributed by atoms with E-state index >= 15 is 0 Å². The van der Waals surface area contributed by atoms with E-state index in [1.165, 1.54) is 13.0 Å². The Kier molecular flexibility index (Phi) is 5.26. The summed E-state index contributed by atoms with van der Waals surface area (Å²) in [6, 6.07) is 5.69. The highest BCUT2D eigenvalue weighted by atomic mass is 32.2. The van der Waals surface area contributed by atoms with E-state index in [1.807, 2.05) is 6.07 Å². The van der Waals surface area contributed by atoms with E-state index in [0.29, 0.717) is 16.3 Å². The van der Waals surface area contributed by atoms with Gasteiger partial charge in [0, 0.05) is 11.3 Å². The molecule has 1 aromatic rings. The minimum absolute atomic E-state index is 0.0600. The van der Waals surface area contributed by atoms with E-state index in [2.05, 4.69) is 16.4 Å². The second-order valence-electron chi connectivity index (χ2n) is 6.07. The van der Waals surface area contributed by atoms with Crippen molar-refractivity contribution in [1.29, 1.82) is 10.5 Å². The average Bonchev–Trinajstić information content (AvgIpc) is 3.37. The van der Waals surface area contributed by atoms with Crippen LogP contribution in [0.4, 0.5) is 0 Å². The number of carbonyl (C=O) groups excluding carboxylic acids is 2. The Balaban J connectivity index is 2.08. The number of carbonyl (C=O) groups is 2. The van der Waals surface area contributed by atoms with Crippen molar-refractivity contribution < 1.29 is 9.59 Å². The molecule has 0 aliphatic heterocycles. The lowest BCUT2D eigenvalue weighted by molar-refractivity contribution is -0.119. The fraction of sp³-hybridized carbons (Fsp3) is 0.471. The summed E-state index contributed by atoms with van der Waals surface area (Å²) in [5, 5.41) is 21.7. The van der Waals surface area contributed by atoms with E-state index in [1.54, 1.807) is 13.8 Å². The van der Waals surface area contributed by atoms with Crippen LogP contribution in [-0.2, 0) is 4.79 Å². The van der Waals surface area contributed by atoms with Crippen LogP contribution in [0.1, 0.15) is 48.3 Å². The van der Waals surface area contributed by atoms with Crippen LogP contribution in [0.15, 0.2) is 11.1 Å². The van der Waals surface area contributed by atoms with Gasteiger partial charge in [-0.1, -0.05) is 11.8 Å². The predicted octanol–water partition coefficient (Wildman–Crippen LogP) is 2.36. The molecule has 1 amide bonds. The van der Waals surface area contributed by atoms with Crippen molar-refractivity contribution >= 4 is 23.5 Å². The molecule has 0 radical (unpaired) electrons. The number of pyridine rings is 1. The highest BCUT2D eigenvalue weighted by molar-refractivity contribution is 8.00. The third-order valence-corrected chi connectivity index (χ3v) is 5.03. The number of aryl methyl sites for hydroxylation is 1. The number of Topliss-reactive ketones (excluding diaryl/α,β-unsaturated/α-hetero) is 1. The molecule has 0 bridgehead atoms. The molecule has 0 aromatic carbocycles. The van der Waals surface area contributed by atoms with Gasteiger partial charge in [0.1, 0.15) is 16.6 Å². The summed E-state index contributed by atoms with van der Waals surface area (Å²) < 4.78 is 0. The summed E-state index contributed by atoms with van der Waals surface area (Å²) in [6.07, 6.45) is 1.90. The standard InChI is InChI=1S/C17H18N4O2S/c1-10-14(11(2)22)6-12(7-18)16(20-10)24-8-15(23)21-17(3,9-19)13-4-5-13/h6,13H,4-5,8H2,1-3H3,(H,21,23). The molecule has 1 atom stereocenters. The molecule has 6 nitrogen and oxygen atoms in total. The van der Waals surface area contributed by atoms with E-state index < -0.39 is 5.54 Å². The summed E-state index contributed by atoms with van der Waals surface area (Å²) in [7, 11) is 0. The lowest BCUT2D eigenvalue weighted by Gasteiger charge is -2.22. The number of nitrogens with one attached hydrogen (secondary N) is 1. The zero-order valence-electron chi connectivity index (χ0n) is 13.8. The summed E-state index contributed by atoms with van der Waals surface area (Å²) in [4.78, 5) is 27.9. The van der Waals surface area contributed by atoms with Crippen LogP contribution < -0.4 is 5.32 Å². The molecule has 124 valence electrons. The molecule has 1 N–H and O–H groups in total. The third kappa shape index (κ3) is 3.93. The van der Waals surface area contributed by atoms with E-state index in [-0.39, 0.29) is 28.9 Å². The van der Waals surface area contributed by atoms with Crippen molar-refractivity contribution in [3.8, 4) is 12.1 Å². The largest absolute Gasteiger partial charge is 0.337 e. The van der Waals surface area contributed by atoms with E-state index in [4.69, 9.17) is 0 Å². The molecule has 1 unspecified atom stereocenters. The van der Waals surface area contributed by atoms with Gasteiger partial charge in [-0.05, 0) is 45.6 Å². The summed E-state index contributed by atoms with van der Waals surface area (Å²) in [5.41, 5.74) is 0.376. The van der Waals surface area contributed by atoms with Crippen molar-refractivity contribution in [2.45, 2.75) is 44.2 Å². The predicted molar refractivity (Wildman–Crippen MR) is 89.3 cm³/mol. The van der Waals surface area contributed by atoms with Gasteiger partial charge in [0.25, 0.3) is 0 Å². The summed E-state index contributed by atoms with van der Waals surface area (Å²) in [5.74, 6) is -0.152. The maximum atomic E-state index is 12.1. The fourth-order valence-electron chi connectivity index (χ4n) is 2.47. The SMILES string of the molecule is CC(=O)c1cc(C#N)c(SCC(=O)NC(C)(C#N)C2CC2)nc1C. The number of nitriles is 2. The first-order valence-electron chi connectivity index (χ1n) is 7.58. The number of ketones is 1. The van der Waals surface area contributed by atoms with Gasteiger partial charge in [0.2, 0.25) is 5.91 Å². The van der Waals surface area contributed by atoms with Crippen LogP contribution in [0.5, 0.6) is 0 Å². The number of aromatic nitrogens is 1. The number of nitrogens with zero attached hydrogens (tertiary/aromatic N) is 3. The average molecular weight is 342 g/mol. The zero-order valence-corrected chi connectivity index (χ0v) is 14.7. The summed E-state index contributed by atoms with van der Waals surface area (Å²) in [6.45, 7) is 4.85.